The Morgan fingerprint density at radius 1 is 1.25 bits per heavy atom. The van der Waals surface area contributed by atoms with Gasteiger partial charge in [0.15, 0.2) is 11.5 Å². The monoisotopic (exact) mass is 399 g/mol. The number of hydrogen-bond acceptors (Lipinski definition) is 7. The van der Waals surface area contributed by atoms with Gasteiger partial charge in [0.1, 0.15) is 23.1 Å². The first-order valence-electron chi connectivity index (χ1n) is 9.57. The molecule has 0 spiro atoms. The maximum Gasteiger partial charge on any atom is 0.161 e. The van der Waals surface area contributed by atoms with Crippen LogP contribution in [0.3, 0.4) is 0 Å². The van der Waals surface area contributed by atoms with E-state index < -0.39 is 0 Å². The number of benzene rings is 1. The fourth-order valence-electron chi connectivity index (χ4n) is 3.72. The summed E-state index contributed by atoms with van der Waals surface area (Å²) in [4.78, 5) is 11.9. The molecule has 2 heterocycles. The summed E-state index contributed by atoms with van der Waals surface area (Å²) in [6, 6.07) is 5.89. The molecule has 1 aromatic carbocycles. The van der Waals surface area contributed by atoms with Crippen molar-refractivity contribution in [2.45, 2.75) is 39.2 Å². The highest BCUT2D eigenvalue weighted by Crippen LogP contribution is 2.40. The molecule has 0 fully saturated rings. The lowest BCUT2D eigenvalue weighted by Crippen LogP contribution is -2.10. The van der Waals surface area contributed by atoms with Crippen LogP contribution in [0.4, 0.5) is 5.82 Å². The van der Waals surface area contributed by atoms with Crippen molar-refractivity contribution in [2.24, 2.45) is 0 Å². The zero-order chi connectivity index (χ0) is 19.7. The number of aliphatic hydroxyl groups is 1. The number of aromatic nitrogens is 2. The molecule has 1 aliphatic rings. The van der Waals surface area contributed by atoms with E-state index >= 15 is 0 Å². The Kier molecular flexibility index (Phi) is 5.37. The number of nitrogens with one attached hydrogen (secondary N) is 1. The molecule has 0 radical (unpaired) electrons. The summed E-state index contributed by atoms with van der Waals surface area (Å²) < 4.78 is 11.0. The number of nitrogens with zero attached hydrogens (tertiary/aromatic N) is 2. The number of fused-ring (bicyclic) bond motifs is 3. The third-order valence-corrected chi connectivity index (χ3v) is 6.25. The maximum absolute atomic E-state index is 8.97. The lowest BCUT2D eigenvalue weighted by molar-refractivity contribution is 0.196. The predicted octanol–water partition coefficient (Wildman–Crippen LogP) is 4.04. The minimum Gasteiger partial charge on any atom is -0.493 e. The van der Waals surface area contributed by atoms with Crippen molar-refractivity contribution in [3.63, 3.8) is 0 Å². The summed E-state index contributed by atoms with van der Waals surface area (Å²) in [5.74, 6) is 2.98. The van der Waals surface area contributed by atoms with Crippen molar-refractivity contribution in [1.82, 2.24) is 9.97 Å². The average molecular weight is 400 g/mol. The molecular weight excluding hydrogens is 374 g/mol. The minimum absolute atomic E-state index is 0.0309. The first kappa shape index (κ1) is 19.0. The van der Waals surface area contributed by atoms with Crippen LogP contribution in [-0.4, -0.2) is 35.4 Å². The van der Waals surface area contributed by atoms with E-state index in [1.165, 1.54) is 22.2 Å². The van der Waals surface area contributed by atoms with Crippen LogP contribution in [0, 0.1) is 6.92 Å². The molecule has 2 N–H and O–H groups in total. The van der Waals surface area contributed by atoms with Crippen molar-refractivity contribution in [3.05, 3.63) is 40.0 Å². The Bertz CT molecular complexity index is 1000. The van der Waals surface area contributed by atoms with E-state index in [0.717, 1.165) is 34.9 Å². The normalized spacial score (nSPS) is 14.1. The molecule has 4 rings (SSSR count). The summed E-state index contributed by atoms with van der Waals surface area (Å²) in [6.07, 6.45) is 3.47. The van der Waals surface area contributed by atoms with Crippen LogP contribution in [0.2, 0.25) is 0 Å². The van der Waals surface area contributed by atoms with Gasteiger partial charge >= 0.3 is 0 Å². The fourth-order valence-corrected chi connectivity index (χ4v) is 5.03. The van der Waals surface area contributed by atoms with Crippen LogP contribution in [0.5, 0.6) is 11.5 Å². The van der Waals surface area contributed by atoms with Gasteiger partial charge in [0, 0.05) is 4.88 Å². The zero-order valence-corrected chi connectivity index (χ0v) is 17.2. The van der Waals surface area contributed by atoms with E-state index in [0.29, 0.717) is 11.5 Å². The van der Waals surface area contributed by atoms with Gasteiger partial charge in [-0.15, -0.1) is 11.3 Å². The Labute approximate surface area is 168 Å². The molecule has 0 saturated heterocycles. The lowest BCUT2D eigenvalue weighted by atomic mass is 10.1. The molecule has 0 saturated carbocycles. The van der Waals surface area contributed by atoms with E-state index in [-0.39, 0.29) is 19.3 Å². The number of hydrogen-bond donors (Lipinski definition) is 2. The molecule has 1 atom stereocenters. The first-order valence-corrected chi connectivity index (χ1v) is 10.4. The second kappa shape index (κ2) is 7.93. The largest absolute Gasteiger partial charge is 0.493 e. The average Bonchev–Trinajstić information content (AvgIpc) is 3.26. The molecule has 2 aromatic heterocycles. The Morgan fingerprint density at radius 3 is 2.89 bits per heavy atom. The van der Waals surface area contributed by atoms with Crippen LogP contribution < -0.4 is 14.8 Å². The standard InChI is InChI=1S/C21H25N3O3S/c1-12(14-7-8-16(27-10-9-25)17(11-14)26-3)22-20-19-15-5-4-6-18(15)28-21(19)24-13(2)23-20/h7-8,11-12,25H,4-6,9-10H2,1-3H3,(H,22,23,24). The molecule has 1 aliphatic carbocycles. The van der Waals surface area contributed by atoms with Crippen LogP contribution in [0.15, 0.2) is 18.2 Å². The van der Waals surface area contributed by atoms with Crippen LogP contribution in [0.1, 0.15) is 41.2 Å². The maximum atomic E-state index is 8.97. The van der Waals surface area contributed by atoms with Crippen LogP contribution in [-0.2, 0) is 12.8 Å². The van der Waals surface area contributed by atoms with Gasteiger partial charge in [0.25, 0.3) is 0 Å². The van der Waals surface area contributed by atoms with E-state index in [1.54, 1.807) is 18.4 Å². The minimum atomic E-state index is -0.0309. The molecule has 28 heavy (non-hydrogen) atoms. The van der Waals surface area contributed by atoms with Gasteiger partial charge in [-0.1, -0.05) is 6.07 Å². The number of aryl methyl sites for hydroxylation is 3. The number of anilines is 1. The summed E-state index contributed by atoms with van der Waals surface area (Å²) in [6.45, 7) is 4.26. The topological polar surface area (TPSA) is 76.5 Å². The van der Waals surface area contributed by atoms with Crippen molar-refractivity contribution in [1.29, 1.82) is 0 Å². The smallest absolute Gasteiger partial charge is 0.161 e. The Morgan fingerprint density at radius 2 is 2.11 bits per heavy atom. The summed E-state index contributed by atoms with van der Waals surface area (Å²) in [5.41, 5.74) is 2.49. The molecule has 3 aromatic rings. The Balaban J connectivity index is 1.64. The molecule has 0 amide bonds. The molecule has 148 valence electrons. The van der Waals surface area contributed by atoms with Gasteiger partial charge in [0.05, 0.1) is 25.1 Å². The number of aliphatic hydroxyl groups excluding tert-OH is 1. The SMILES string of the molecule is COc1cc(C(C)Nc2nc(C)nc3sc4c(c23)CCC4)ccc1OCCO. The highest BCUT2D eigenvalue weighted by atomic mass is 32.1. The third-order valence-electron chi connectivity index (χ3n) is 5.07. The van der Waals surface area contributed by atoms with Crippen molar-refractivity contribution in [3.8, 4) is 11.5 Å². The second-order valence-corrected chi connectivity index (χ2v) is 8.09. The van der Waals surface area contributed by atoms with Gasteiger partial charge in [0.2, 0.25) is 0 Å². The summed E-state index contributed by atoms with van der Waals surface area (Å²) in [5, 5.41) is 13.7. The van der Waals surface area contributed by atoms with Crippen LogP contribution >= 0.6 is 11.3 Å². The van der Waals surface area contributed by atoms with E-state index in [2.05, 4.69) is 17.2 Å². The predicted molar refractivity (Wildman–Crippen MR) is 112 cm³/mol. The van der Waals surface area contributed by atoms with Gasteiger partial charge in [-0.3, -0.25) is 0 Å². The zero-order valence-electron chi connectivity index (χ0n) is 16.4. The highest BCUT2D eigenvalue weighted by Gasteiger charge is 2.23. The quantitative estimate of drug-likeness (QED) is 0.624. The van der Waals surface area contributed by atoms with Gasteiger partial charge in [-0.2, -0.15) is 0 Å². The summed E-state index contributed by atoms with van der Waals surface area (Å²) in [7, 11) is 1.62. The second-order valence-electron chi connectivity index (χ2n) is 7.01. The van der Waals surface area contributed by atoms with Gasteiger partial charge in [-0.25, -0.2) is 9.97 Å². The molecule has 0 aliphatic heterocycles. The highest BCUT2D eigenvalue weighted by molar-refractivity contribution is 7.19. The van der Waals surface area contributed by atoms with Crippen molar-refractivity contribution >= 4 is 27.4 Å². The van der Waals surface area contributed by atoms with E-state index in [4.69, 9.17) is 19.6 Å². The van der Waals surface area contributed by atoms with Gasteiger partial charge in [-0.05, 0) is 56.4 Å². The van der Waals surface area contributed by atoms with E-state index in [9.17, 15) is 0 Å². The van der Waals surface area contributed by atoms with Crippen LogP contribution in [0.25, 0.3) is 10.2 Å². The molecule has 7 heteroatoms. The molecular formula is C21H25N3O3S. The molecule has 0 bridgehead atoms. The number of methoxy groups -OCH3 is 1. The summed E-state index contributed by atoms with van der Waals surface area (Å²) >= 11 is 1.81. The fraction of sp³-hybridized carbons (Fsp3) is 0.429. The van der Waals surface area contributed by atoms with E-state index in [1.807, 2.05) is 25.1 Å². The molecule has 1 unspecified atom stereocenters. The third kappa shape index (κ3) is 3.52. The number of rotatable bonds is 7. The first-order chi connectivity index (χ1) is 13.6. The van der Waals surface area contributed by atoms with Gasteiger partial charge < -0.3 is 19.9 Å². The molecule has 6 nitrogen and oxygen atoms in total. The lowest BCUT2D eigenvalue weighted by Gasteiger charge is -2.18. The number of ether oxygens (including phenoxy) is 2. The number of thiophene rings is 1. The van der Waals surface area contributed by atoms with Crippen molar-refractivity contribution in [2.75, 3.05) is 25.6 Å². The Hall–Kier alpha value is -2.38. The van der Waals surface area contributed by atoms with Crippen molar-refractivity contribution < 1.29 is 14.6 Å².